The van der Waals surface area contributed by atoms with Gasteiger partial charge in [-0.25, -0.2) is 0 Å². The largest absolute Gasteiger partial charge is 0.389 e. The van der Waals surface area contributed by atoms with Crippen LogP contribution in [-0.2, 0) is 9.47 Å². The van der Waals surface area contributed by atoms with Crippen molar-refractivity contribution < 1.29 is 9.47 Å². The number of nitrogens with two attached hydrogens (primary N) is 1. The van der Waals surface area contributed by atoms with Crippen LogP contribution in [0.1, 0.15) is 18.4 Å². The summed E-state index contributed by atoms with van der Waals surface area (Å²) in [5.74, 6) is 0. The molecule has 0 atom stereocenters. The predicted molar refractivity (Wildman–Crippen MR) is 87.8 cm³/mol. The van der Waals surface area contributed by atoms with Gasteiger partial charge in [-0.15, -0.1) is 0 Å². The summed E-state index contributed by atoms with van der Waals surface area (Å²) in [7, 11) is 1.66. The summed E-state index contributed by atoms with van der Waals surface area (Å²) in [4.78, 5) is 0.306. The fraction of sp³-hybridized carbons (Fsp3) is 0.500. The molecule has 6 heteroatoms. The van der Waals surface area contributed by atoms with E-state index in [0.29, 0.717) is 28.8 Å². The lowest BCUT2D eigenvalue weighted by atomic mass is 10.1. The number of unbranched alkanes of at least 4 members (excludes halogenated alkanes) is 1. The number of thiocarbonyl (C=S) groups is 1. The van der Waals surface area contributed by atoms with E-state index in [4.69, 9.17) is 39.0 Å². The Morgan fingerprint density at radius 1 is 1.30 bits per heavy atom. The second kappa shape index (κ2) is 9.94. The molecule has 0 aliphatic rings. The maximum absolute atomic E-state index is 6.10. The molecule has 20 heavy (non-hydrogen) atoms. The first-order chi connectivity index (χ1) is 9.66. The zero-order valence-electron chi connectivity index (χ0n) is 11.7. The molecule has 0 unspecified atom stereocenters. The SMILES string of the molecule is COCCOCCCCNc1cccc(Cl)c1C(N)=S. The number of hydrogen-bond acceptors (Lipinski definition) is 4. The van der Waals surface area contributed by atoms with Crippen LogP contribution >= 0.6 is 23.8 Å². The third-order valence-corrected chi connectivity index (χ3v) is 3.24. The molecule has 0 bridgehead atoms. The highest BCUT2D eigenvalue weighted by Gasteiger charge is 2.08. The van der Waals surface area contributed by atoms with E-state index in [0.717, 1.165) is 31.7 Å². The molecule has 0 aliphatic heterocycles. The summed E-state index contributed by atoms with van der Waals surface area (Å²) in [5.41, 5.74) is 7.28. The molecule has 1 aromatic rings. The van der Waals surface area contributed by atoms with Gasteiger partial charge in [0.1, 0.15) is 4.99 Å². The standard InChI is InChI=1S/C14H21ClN2O2S/c1-18-9-10-19-8-3-2-7-17-12-6-4-5-11(15)13(12)14(16)20/h4-6,17H,2-3,7-10H2,1H3,(H2,16,20). The minimum absolute atomic E-state index is 0.306. The number of rotatable bonds is 10. The number of benzene rings is 1. The lowest BCUT2D eigenvalue weighted by molar-refractivity contribution is 0.0691. The molecule has 0 aromatic heterocycles. The predicted octanol–water partition coefficient (Wildman–Crippen LogP) is 2.83. The Hall–Kier alpha value is -0.880. The topological polar surface area (TPSA) is 56.5 Å². The summed E-state index contributed by atoms with van der Waals surface area (Å²) < 4.78 is 10.3. The minimum Gasteiger partial charge on any atom is -0.389 e. The van der Waals surface area contributed by atoms with E-state index < -0.39 is 0 Å². The van der Waals surface area contributed by atoms with Crippen molar-refractivity contribution in [2.24, 2.45) is 5.73 Å². The summed E-state index contributed by atoms with van der Waals surface area (Å²) in [5, 5.41) is 3.88. The van der Waals surface area contributed by atoms with Crippen LogP contribution in [0.3, 0.4) is 0 Å². The van der Waals surface area contributed by atoms with Crippen LogP contribution in [0.5, 0.6) is 0 Å². The van der Waals surface area contributed by atoms with Gasteiger partial charge in [-0.2, -0.15) is 0 Å². The van der Waals surface area contributed by atoms with Crippen LogP contribution in [-0.4, -0.2) is 38.5 Å². The smallest absolute Gasteiger partial charge is 0.107 e. The summed E-state index contributed by atoms with van der Waals surface area (Å²) in [6, 6.07) is 5.58. The van der Waals surface area contributed by atoms with Crippen molar-refractivity contribution in [2.75, 3.05) is 38.8 Å². The van der Waals surface area contributed by atoms with E-state index >= 15 is 0 Å². The monoisotopic (exact) mass is 316 g/mol. The van der Waals surface area contributed by atoms with Gasteiger partial charge in [0.05, 0.1) is 23.8 Å². The number of halogens is 1. The number of hydrogen-bond donors (Lipinski definition) is 2. The maximum atomic E-state index is 6.10. The Balaban J connectivity index is 2.29. The van der Waals surface area contributed by atoms with E-state index in [1.165, 1.54) is 0 Å². The van der Waals surface area contributed by atoms with E-state index in [1.54, 1.807) is 13.2 Å². The second-order valence-electron chi connectivity index (χ2n) is 4.27. The third kappa shape index (κ3) is 6.05. The van der Waals surface area contributed by atoms with Crippen LogP contribution in [0, 0.1) is 0 Å². The highest BCUT2D eigenvalue weighted by atomic mass is 35.5. The first-order valence-corrected chi connectivity index (χ1v) is 7.34. The number of ether oxygens (including phenoxy) is 2. The van der Waals surface area contributed by atoms with Crippen molar-refractivity contribution >= 4 is 34.5 Å². The molecule has 0 fully saturated rings. The zero-order chi connectivity index (χ0) is 14.8. The van der Waals surface area contributed by atoms with Gasteiger partial charge in [-0.05, 0) is 25.0 Å². The van der Waals surface area contributed by atoms with Gasteiger partial charge in [-0.3, -0.25) is 0 Å². The van der Waals surface area contributed by atoms with Gasteiger partial charge in [0.15, 0.2) is 0 Å². The molecule has 0 amide bonds. The third-order valence-electron chi connectivity index (χ3n) is 2.72. The average Bonchev–Trinajstić information content (AvgIpc) is 2.41. The van der Waals surface area contributed by atoms with Gasteiger partial charge >= 0.3 is 0 Å². The first kappa shape index (κ1) is 17.2. The molecule has 112 valence electrons. The summed E-state index contributed by atoms with van der Waals surface area (Å²) in [6.45, 7) is 2.84. The van der Waals surface area contributed by atoms with Gasteiger partial charge in [-0.1, -0.05) is 29.9 Å². The van der Waals surface area contributed by atoms with E-state index in [-0.39, 0.29) is 0 Å². The van der Waals surface area contributed by atoms with E-state index in [9.17, 15) is 0 Å². The molecular formula is C14H21ClN2O2S. The van der Waals surface area contributed by atoms with E-state index in [1.807, 2.05) is 12.1 Å². The van der Waals surface area contributed by atoms with Crippen LogP contribution in [0.4, 0.5) is 5.69 Å². The Morgan fingerprint density at radius 3 is 2.80 bits per heavy atom. The van der Waals surface area contributed by atoms with Crippen LogP contribution in [0.2, 0.25) is 5.02 Å². The van der Waals surface area contributed by atoms with Gasteiger partial charge in [0.25, 0.3) is 0 Å². The highest BCUT2D eigenvalue weighted by molar-refractivity contribution is 7.80. The van der Waals surface area contributed by atoms with E-state index in [2.05, 4.69) is 5.32 Å². The van der Waals surface area contributed by atoms with Crippen molar-refractivity contribution in [1.29, 1.82) is 0 Å². The second-order valence-corrected chi connectivity index (χ2v) is 5.11. The van der Waals surface area contributed by atoms with Crippen LogP contribution in [0.15, 0.2) is 18.2 Å². The molecule has 0 saturated carbocycles. The van der Waals surface area contributed by atoms with Gasteiger partial charge in [0, 0.05) is 25.9 Å². The maximum Gasteiger partial charge on any atom is 0.107 e. The first-order valence-electron chi connectivity index (χ1n) is 6.55. The Kier molecular flexibility index (Phi) is 8.53. The van der Waals surface area contributed by atoms with Crippen LogP contribution < -0.4 is 11.1 Å². The molecular weight excluding hydrogens is 296 g/mol. The van der Waals surface area contributed by atoms with Crippen molar-refractivity contribution in [3.05, 3.63) is 28.8 Å². The molecule has 3 N–H and O–H groups in total. The fourth-order valence-corrected chi connectivity index (χ4v) is 2.27. The molecule has 0 aliphatic carbocycles. The lowest BCUT2D eigenvalue weighted by Crippen LogP contribution is -2.14. The minimum atomic E-state index is 0.306. The van der Waals surface area contributed by atoms with Gasteiger partial charge in [0.2, 0.25) is 0 Å². The lowest BCUT2D eigenvalue weighted by Gasteiger charge is -2.12. The number of anilines is 1. The van der Waals surface area contributed by atoms with Crippen molar-refractivity contribution in [2.45, 2.75) is 12.8 Å². The molecule has 0 radical (unpaired) electrons. The van der Waals surface area contributed by atoms with Gasteiger partial charge < -0.3 is 20.5 Å². The Morgan fingerprint density at radius 2 is 2.10 bits per heavy atom. The Bertz CT molecular complexity index is 430. The molecule has 0 heterocycles. The van der Waals surface area contributed by atoms with Crippen molar-refractivity contribution in [3.63, 3.8) is 0 Å². The highest BCUT2D eigenvalue weighted by Crippen LogP contribution is 2.24. The molecule has 0 spiro atoms. The average molecular weight is 317 g/mol. The van der Waals surface area contributed by atoms with Crippen molar-refractivity contribution in [1.82, 2.24) is 0 Å². The van der Waals surface area contributed by atoms with Crippen molar-refractivity contribution in [3.8, 4) is 0 Å². The molecule has 0 saturated heterocycles. The van der Waals surface area contributed by atoms with Crippen LogP contribution in [0.25, 0.3) is 0 Å². The molecule has 1 rings (SSSR count). The number of methoxy groups -OCH3 is 1. The molecule has 1 aromatic carbocycles. The summed E-state index contributed by atoms with van der Waals surface area (Å²) in [6.07, 6.45) is 1.98. The molecule has 4 nitrogen and oxygen atoms in total. The fourth-order valence-electron chi connectivity index (χ4n) is 1.72. The Labute approximate surface area is 130 Å². The number of nitrogens with one attached hydrogen (secondary N) is 1. The normalized spacial score (nSPS) is 10.5. The zero-order valence-corrected chi connectivity index (χ0v) is 13.2. The quantitative estimate of drug-likeness (QED) is 0.513. The summed E-state index contributed by atoms with van der Waals surface area (Å²) >= 11 is 11.1.